The van der Waals surface area contributed by atoms with Crippen molar-refractivity contribution < 1.29 is 9.53 Å². The first-order valence-electron chi connectivity index (χ1n) is 5.14. The van der Waals surface area contributed by atoms with E-state index in [0.717, 1.165) is 5.56 Å². The largest absolute Gasteiger partial charge is 0.468 e. The fourth-order valence-electron chi connectivity index (χ4n) is 1.54. The number of carbonyl (C=O) groups is 1. The van der Waals surface area contributed by atoms with Gasteiger partial charge in [-0.15, -0.1) is 0 Å². The van der Waals surface area contributed by atoms with Gasteiger partial charge in [0.1, 0.15) is 6.04 Å². The summed E-state index contributed by atoms with van der Waals surface area (Å²) >= 11 is 6.06. The maximum Gasteiger partial charge on any atom is 0.322 e. The van der Waals surface area contributed by atoms with Crippen LogP contribution in [-0.4, -0.2) is 19.1 Å². The summed E-state index contributed by atoms with van der Waals surface area (Å²) in [6.45, 7) is 3.72. The van der Waals surface area contributed by atoms with Gasteiger partial charge in [-0.25, -0.2) is 0 Å². The first kappa shape index (κ1) is 13.0. The molecule has 1 aromatic rings. The molecule has 0 spiro atoms. The van der Waals surface area contributed by atoms with Gasteiger partial charge in [0.15, 0.2) is 0 Å². The van der Waals surface area contributed by atoms with Gasteiger partial charge in [0.05, 0.1) is 7.11 Å². The van der Waals surface area contributed by atoms with E-state index in [-0.39, 0.29) is 18.1 Å². The van der Waals surface area contributed by atoms with Crippen molar-refractivity contribution in [1.29, 1.82) is 0 Å². The molecule has 0 aromatic heterocycles. The van der Waals surface area contributed by atoms with Crippen molar-refractivity contribution in [1.82, 2.24) is 5.32 Å². The highest BCUT2D eigenvalue weighted by Gasteiger charge is 2.17. The SMILES string of the molecule is COC(=O)C(C)N[C@@H](C)c1ccccc1Cl. The number of halogens is 1. The molecule has 4 heteroatoms. The summed E-state index contributed by atoms with van der Waals surface area (Å²) in [7, 11) is 1.38. The van der Waals surface area contributed by atoms with Crippen LogP contribution < -0.4 is 5.32 Å². The molecule has 1 N–H and O–H groups in total. The second-order valence-electron chi connectivity index (χ2n) is 3.65. The van der Waals surface area contributed by atoms with Crippen LogP contribution in [0, 0.1) is 0 Å². The van der Waals surface area contributed by atoms with Gasteiger partial charge < -0.3 is 4.74 Å². The Morgan fingerprint density at radius 3 is 2.56 bits per heavy atom. The highest BCUT2D eigenvalue weighted by atomic mass is 35.5. The van der Waals surface area contributed by atoms with Crippen LogP contribution in [0.4, 0.5) is 0 Å². The zero-order chi connectivity index (χ0) is 12.1. The third-order valence-electron chi connectivity index (χ3n) is 2.43. The number of carbonyl (C=O) groups excluding carboxylic acids is 1. The third-order valence-corrected chi connectivity index (χ3v) is 2.77. The van der Waals surface area contributed by atoms with E-state index in [9.17, 15) is 4.79 Å². The van der Waals surface area contributed by atoms with Gasteiger partial charge in [-0.2, -0.15) is 0 Å². The van der Waals surface area contributed by atoms with Crippen molar-refractivity contribution in [3.05, 3.63) is 34.9 Å². The number of ether oxygens (including phenoxy) is 1. The van der Waals surface area contributed by atoms with Gasteiger partial charge in [-0.1, -0.05) is 29.8 Å². The summed E-state index contributed by atoms with van der Waals surface area (Å²) in [5.41, 5.74) is 0.972. The quantitative estimate of drug-likeness (QED) is 0.824. The standard InChI is InChI=1S/C12H16ClNO2/c1-8(14-9(2)12(15)16-3)10-6-4-5-7-11(10)13/h4-9,14H,1-3H3/t8-,9?/m0/s1. The molecule has 2 atom stereocenters. The minimum atomic E-state index is -0.351. The predicted molar refractivity (Wildman–Crippen MR) is 64.5 cm³/mol. The molecule has 1 unspecified atom stereocenters. The number of nitrogens with one attached hydrogen (secondary N) is 1. The van der Waals surface area contributed by atoms with Gasteiger partial charge in [0, 0.05) is 11.1 Å². The van der Waals surface area contributed by atoms with E-state index in [2.05, 4.69) is 10.1 Å². The first-order chi connectivity index (χ1) is 7.56. The lowest BCUT2D eigenvalue weighted by molar-refractivity contribution is -0.142. The smallest absolute Gasteiger partial charge is 0.322 e. The minimum Gasteiger partial charge on any atom is -0.468 e. The highest BCUT2D eigenvalue weighted by molar-refractivity contribution is 6.31. The summed E-state index contributed by atoms with van der Waals surface area (Å²) in [5, 5.41) is 3.82. The van der Waals surface area contributed by atoms with E-state index in [1.54, 1.807) is 6.92 Å². The van der Waals surface area contributed by atoms with Crippen LogP contribution in [0.5, 0.6) is 0 Å². The molecule has 0 aliphatic carbocycles. The van der Waals surface area contributed by atoms with Crippen LogP contribution in [0.25, 0.3) is 0 Å². The van der Waals surface area contributed by atoms with E-state index in [0.29, 0.717) is 5.02 Å². The van der Waals surface area contributed by atoms with Crippen LogP contribution in [-0.2, 0) is 9.53 Å². The Kier molecular flexibility index (Phi) is 4.77. The van der Waals surface area contributed by atoms with Crippen LogP contribution in [0.15, 0.2) is 24.3 Å². The molecule has 88 valence electrons. The number of benzene rings is 1. The molecular formula is C12H16ClNO2. The number of hydrogen-bond donors (Lipinski definition) is 1. The van der Waals surface area contributed by atoms with E-state index < -0.39 is 0 Å². The lowest BCUT2D eigenvalue weighted by Crippen LogP contribution is -2.36. The molecule has 0 aliphatic heterocycles. The summed E-state index contributed by atoms with van der Waals surface area (Å²) in [5.74, 6) is -0.279. The second kappa shape index (κ2) is 5.87. The van der Waals surface area contributed by atoms with Crippen molar-refractivity contribution in [2.45, 2.75) is 25.9 Å². The summed E-state index contributed by atoms with van der Waals surface area (Å²) in [6.07, 6.45) is 0. The van der Waals surface area contributed by atoms with E-state index in [1.807, 2.05) is 31.2 Å². The molecule has 0 radical (unpaired) electrons. The summed E-state index contributed by atoms with van der Waals surface area (Å²) in [6, 6.07) is 7.21. The van der Waals surface area contributed by atoms with E-state index in [1.165, 1.54) is 7.11 Å². The maximum absolute atomic E-state index is 11.2. The monoisotopic (exact) mass is 241 g/mol. The molecule has 0 saturated heterocycles. The molecular weight excluding hydrogens is 226 g/mol. The lowest BCUT2D eigenvalue weighted by atomic mass is 10.1. The molecule has 0 heterocycles. The fraction of sp³-hybridized carbons (Fsp3) is 0.417. The van der Waals surface area contributed by atoms with E-state index >= 15 is 0 Å². The Labute approximate surface area is 101 Å². The first-order valence-corrected chi connectivity index (χ1v) is 5.52. The van der Waals surface area contributed by atoms with Crippen LogP contribution in [0.3, 0.4) is 0 Å². The van der Waals surface area contributed by atoms with E-state index in [4.69, 9.17) is 11.6 Å². The molecule has 1 rings (SSSR count). The number of rotatable bonds is 4. The molecule has 1 aromatic carbocycles. The lowest BCUT2D eigenvalue weighted by Gasteiger charge is -2.19. The van der Waals surface area contributed by atoms with Crippen LogP contribution >= 0.6 is 11.6 Å². The second-order valence-corrected chi connectivity index (χ2v) is 4.06. The maximum atomic E-state index is 11.2. The van der Waals surface area contributed by atoms with Gasteiger partial charge in [0.25, 0.3) is 0 Å². The van der Waals surface area contributed by atoms with Crippen molar-refractivity contribution in [3.8, 4) is 0 Å². The van der Waals surface area contributed by atoms with Crippen molar-refractivity contribution in [3.63, 3.8) is 0 Å². The average Bonchev–Trinajstić information content (AvgIpc) is 2.28. The highest BCUT2D eigenvalue weighted by Crippen LogP contribution is 2.22. The predicted octanol–water partition coefficient (Wildman–Crippen LogP) is 2.55. The van der Waals surface area contributed by atoms with Gasteiger partial charge in [-0.05, 0) is 25.5 Å². The molecule has 0 aliphatic rings. The zero-order valence-corrected chi connectivity index (χ0v) is 10.4. The van der Waals surface area contributed by atoms with Crippen LogP contribution in [0.2, 0.25) is 5.02 Å². The summed E-state index contributed by atoms with van der Waals surface area (Å²) in [4.78, 5) is 11.2. The van der Waals surface area contributed by atoms with Crippen molar-refractivity contribution in [2.24, 2.45) is 0 Å². The minimum absolute atomic E-state index is 0.00259. The average molecular weight is 242 g/mol. The Morgan fingerprint density at radius 2 is 2.00 bits per heavy atom. The topological polar surface area (TPSA) is 38.3 Å². The normalized spacial score (nSPS) is 14.2. The zero-order valence-electron chi connectivity index (χ0n) is 9.66. The fourth-order valence-corrected chi connectivity index (χ4v) is 1.84. The number of hydrogen-bond acceptors (Lipinski definition) is 3. The van der Waals surface area contributed by atoms with Gasteiger partial charge >= 0.3 is 5.97 Å². The van der Waals surface area contributed by atoms with Crippen molar-refractivity contribution >= 4 is 17.6 Å². The van der Waals surface area contributed by atoms with Crippen LogP contribution in [0.1, 0.15) is 25.5 Å². The Morgan fingerprint density at radius 1 is 1.38 bits per heavy atom. The third kappa shape index (κ3) is 3.22. The molecule has 0 bridgehead atoms. The molecule has 3 nitrogen and oxygen atoms in total. The summed E-state index contributed by atoms with van der Waals surface area (Å²) < 4.78 is 4.64. The van der Waals surface area contributed by atoms with Gasteiger partial charge in [-0.3, -0.25) is 10.1 Å². The number of esters is 1. The van der Waals surface area contributed by atoms with Crippen molar-refractivity contribution in [2.75, 3.05) is 7.11 Å². The van der Waals surface area contributed by atoms with Gasteiger partial charge in [0.2, 0.25) is 0 Å². The Hall–Kier alpha value is -1.06. The molecule has 0 saturated carbocycles. The molecule has 0 amide bonds. The molecule has 16 heavy (non-hydrogen) atoms. The Balaban J connectivity index is 2.69. The Bertz CT molecular complexity index is 368. The molecule has 0 fully saturated rings. The number of methoxy groups -OCH3 is 1.